The smallest absolute Gasteiger partial charge is 0.250 e. The highest BCUT2D eigenvalue weighted by Gasteiger charge is 2.33. The summed E-state index contributed by atoms with van der Waals surface area (Å²) in [6.07, 6.45) is -2.77. The second-order valence-corrected chi connectivity index (χ2v) is 2.76. The minimum atomic E-state index is -2.77. The summed E-state index contributed by atoms with van der Waals surface area (Å²) >= 11 is 0. The lowest BCUT2D eigenvalue weighted by molar-refractivity contribution is -0.131. The Balaban J connectivity index is 4.40. The summed E-state index contributed by atoms with van der Waals surface area (Å²) in [6, 6.07) is 0. The number of hydrogen-bond acceptors (Lipinski definition) is 3. The first kappa shape index (κ1) is 11.9. The summed E-state index contributed by atoms with van der Waals surface area (Å²) in [5, 5.41) is 4.62. The highest BCUT2D eigenvalue weighted by Crippen LogP contribution is 2.20. The minimum absolute atomic E-state index is 0.275. The molecule has 0 aromatic carbocycles. The molecule has 0 bridgehead atoms. The maximum atomic E-state index is 12.3. The van der Waals surface area contributed by atoms with Gasteiger partial charge in [0.2, 0.25) is 12.3 Å². The molecule has 0 saturated carbocycles. The average molecular weight is 194 g/mol. The van der Waals surface area contributed by atoms with Crippen molar-refractivity contribution in [3.05, 3.63) is 4.91 Å². The summed E-state index contributed by atoms with van der Waals surface area (Å²) in [5.74, 6) is -2.95. The first-order chi connectivity index (χ1) is 6.04. The molecule has 0 rings (SSSR count). The Bertz CT molecular complexity index is 187. The molecule has 76 valence electrons. The Morgan fingerprint density at radius 3 is 2.38 bits per heavy atom. The van der Waals surface area contributed by atoms with Gasteiger partial charge in [-0.25, -0.2) is 8.78 Å². The van der Waals surface area contributed by atoms with E-state index in [4.69, 9.17) is 0 Å². The number of carbonyl (C=O) groups excluding carboxylic acids is 1. The van der Waals surface area contributed by atoms with Crippen LogP contribution in [0.25, 0.3) is 0 Å². The van der Waals surface area contributed by atoms with Gasteiger partial charge in [-0.05, 0) is 5.92 Å². The molecule has 0 aromatic rings. The van der Waals surface area contributed by atoms with Crippen molar-refractivity contribution in [3.63, 3.8) is 0 Å². The van der Waals surface area contributed by atoms with Crippen molar-refractivity contribution in [1.82, 2.24) is 5.32 Å². The molecule has 0 spiro atoms. The van der Waals surface area contributed by atoms with E-state index in [-0.39, 0.29) is 6.54 Å². The monoisotopic (exact) mass is 194 g/mol. The van der Waals surface area contributed by atoms with Crippen molar-refractivity contribution in [2.75, 3.05) is 13.6 Å². The van der Waals surface area contributed by atoms with Gasteiger partial charge in [0.15, 0.2) is 0 Å². The molecular formula is C7H12F2N2O2. The summed E-state index contributed by atoms with van der Waals surface area (Å²) < 4.78 is 24.6. The van der Waals surface area contributed by atoms with Gasteiger partial charge in [-0.15, -0.1) is 0 Å². The fourth-order valence-corrected chi connectivity index (χ4v) is 1.02. The molecule has 6 heteroatoms. The summed E-state index contributed by atoms with van der Waals surface area (Å²) in [5.41, 5.74) is 0. The molecule has 4 nitrogen and oxygen atoms in total. The molecule has 0 fully saturated rings. The summed E-state index contributed by atoms with van der Waals surface area (Å²) in [4.78, 5) is 20.8. The first-order valence-electron chi connectivity index (χ1n) is 3.83. The zero-order valence-electron chi connectivity index (χ0n) is 7.46. The number of nitrogens with one attached hydrogen (secondary N) is 1. The van der Waals surface area contributed by atoms with Crippen LogP contribution in [0.2, 0.25) is 0 Å². The van der Waals surface area contributed by atoms with E-state index in [2.05, 4.69) is 10.5 Å². The quantitative estimate of drug-likeness (QED) is 0.664. The van der Waals surface area contributed by atoms with Crippen molar-refractivity contribution in [2.24, 2.45) is 17.0 Å². The van der Waals surface area contributed by atoms with Crippen LogP contribution in [0.5, 0.6) is 0 Å². The Labute approximate surface area is 74.7 Å². The number of nitroso groups, excluding NO2 is 1. The molecular weight excluding hydrogens is 182 g/mol. The van der Waals surface area contributed by atoms with Crippen LogP contribution in [0.1, 0.15) is 6.92 Å². The third-order valence-electron chi connectivity index (χ3n) is 1.80. The molecule has 0 aliphatic heterocycles. The van der Waals surface area contributed by atoms with Gasteiger partial charge in [-0.1, -0.05) is 12.1 Å². The van der Waals surface area contributed by atoms with E-state index >= 15 is 0 Å². The third kappa shape index (κ3) is 3.43. The lowest BCUT2D eigenvalue weighted by Gasteiger charge is -2.18. The predicted molar refractivity (Wildman–Crippen MR) is 43.4 cm³/mol. The van der Waals surface area contributed by atoms with Crippen LogP contribution in [-0.2, 0) is 4.79 Å². The largest absolute Gasteiger partial charge is 0.359 e. The minimum Gasteiger partial charge on any atom is -0.359 e. The van der Waals surface area contributed by atoms with Crippen molar-refractivity contribution in [2.45, 2.75) is 13.3 Å². The van der Waals surface area contributed by atoms with E-state index in [1.54, 1.807) is 0 Å². The van der Waals surface area contributed by atoms with Gasteiger partial charge < -0.3 is 5.32 Å². The van der Waals surface area contributed by atoms with Crippen LogP contribution in [0.15, 0.2) is 5.18 Å². The zero-order valence-corrected chi connectivity index (χ0v) is 7.46. The number of halogens is 2. The second-order valence-electron chi connectivity index (χ2n) is 2.76. The number of carbonyl (C=O) groups is 1. The van der Waals surface area contributed by atoms with Crippen LogP contribution in [0.3, 0.4) is 0 Å². The average Bonchev–Trinajstić information content (AvgIpc) is 2.04. The molecule has 0 saturated heterocycles. The third-order valence-corrected chi connectivity index (χ3v) is 1.80. The Morgan fingerprint density at radius 1 is 1.54 bits per heavy atom. The standard InChI is InChI=1S/C7H12F2N2O2/c1-4(3-11-13)5(6(8)9)7(12)10-2/h4-6H,3H2,1-2H3,(H,10,12). The van der Waals surface area contributed by atoms with Crippen LogP contribution in [0, 0.1) is 16.7 Å². The Hall–Kier alpha value is -1.07. The fourth-order valence-electron chi connectivity index (χ4n) is 1.02. The predicted octanol–water partition coefficient (Wildman–Crippen LogP) is 1.02. The second kappa shape index (κ2) is 5.55. The van der Waals surface area contributed by atoms with E-state index in [9.17, 15) is 18.5 Å². The van der Waals surface area contributed by atoms with Crippen molar-refractivity contribution < 1.29 is 13.6 Å². The number of amides is 1. The van der Waals surface area contributed by atoms with Crippen LogP contribution in [0.4, 0.5) is 8.78 Å². The molecule has 0 aliphatic rings. The van der Waals surface area contributed by atoms with Crippen LogP contribution >= 0.6 is 0 Å². The number of hydrogen-bond donors (Lipinski definition) is 1. The number of alkyl halides is 2. The van der Waals surface area contributed by atoms with Gasteiger partial charge in [0.1, 0.15) is 5.92 Å². The molecule has 0 heterocycles. The van der Waals surface area contributed by atoms with E-state index in [1.165, 1.54) is 14.0 Å². The highest BCUT2D eigenvalue weighted by molar-refractivity contribution is 5.79. The topological polar surface area (TPSA) is 58.5 Å². The molecule has 1 amide bonds. The normalized spacial score (nSPS) is 15.2. The van der Waals surface area contributed by atoms with E-state index in [1.807, 2.05) is 0 Å². The van der Waals surface area contributed by atoms with Gasteiger partial charge in [-0.3, -0.25) is 4.79 Å². The van der Waals surface area contributed by atoms with Crippen LogP contribution < -0.4 is 5.32 Å². The van der Waals surface area contributed by atoms with Crippen molar-refractivity contribution in [3.8, 4) is 0 Å². The molecule has 0 radical (unpaired) electrons. The molecule has 2 unspecified atom stereocenters. The van der Waals surface area contributed by atoms with Crippen LogP contribution in [-0.4, -0.2) is 25.9 Å². The van der Waals surface area contributed by atoms with E-state index < -0.39 is 24.2 Å². The van der Waals surface area contributed by atoms with Crippen molar-refractivity contribution in [1.29, 1.82) is 0 Å². The van der Waals surface area contributed by atoms with E-state index in [0.717, 1.165) is 0 Å². The maximum Gasteiger partial charge on any atom is 0.250 e. The SMILES string of the molecule is CNC(=O)C(C(F)F)C(C)CN=O. The van der Waals surface area contributed by atoms with Crippen molar-refractivity contribution >= 4 is 5.91 Å². The lowest BCUT2D eigenvalue weighted by Crippen LogP contribution is -2.37. The summed E-state index contributed by atoms with van der Waals surface area (Å²) in [6.45, 7) is 1.12. The first-order valence-corrected chi connectivity index (χ1v) is 3.83. The lowest BCUT2D eigenvalue weighted by atomic mass is 9.94. The number of rotatable bonds is 5. The molecule has 2 atom stereocenters. The Morgan fingerprint density at radius 2 is 2.08 bits per heavy atom. The fraction of sp³-hybridized carbons (Fsp3) is 0.857. The molecule has 13 heavy (non-hydrogen) atoms. The molecule has 0 aliphatic carbocycles. The Kier molecular flexibility index (Phi) is 5.10. The maximum absolute atomic E-state index is 12.3. The highest BCUT2D eigenvalue weighted by atomic mass is 19.3. The van der Waals surface area contributed by atoms with Gasteiger partial charge in [0, 0.05) is 7.05 Å². The number of nitrogens with zero attached hydrogens (tertiary/aromatic N) is 1. The van der Waals surface area contributed by atoms with Gasteiger partial charge >= 0.3 is 0 Å². The zero-order chi connectivity index (χ0) is 10.4. The van der Waals surface area contributed by atoms with E-state index in [0.29, 0.717) is 0 Å². The summed E-state index contributed by atoms with van der Waals surface area (Å²) in [7, 11) is 1.28. The molecule has 0 aromatic heterocycles. The van der Waals surface area contributed by atoms with Gasteiger partial charge in [0.25, 0.3) is 0 Å². The molecule has 1 N–H and O–H groups in total. The van der Waals surface area contributed by atoms with Gasteiger partial charge in [-0.2, -0.15) is 4.91 Å². The van der Waals surface area contributed by atoms with Gasteiger partial charge in [0.05, 0.1) is 6.54 Å².